The van der Waals surface area contributed by atoms with Crippen LogP contribution in [0.3, 0.4) is 0 Å². The fraction of sp³-hybridized carbons (Fsp3) is 0.818. The predicted octanol–water partition coefficient (Wildman–Crippen LogP) is -0.161. The average Bonchev–Trinajstić information content (AvgIpc) is 3.08. The minimum atomic E-state index is -0.720. The summed E-state index contributed by atoms with van der Waals surface area (Å²) in [6, 6.07) is -0.138. The second kappa shape index (κ2) is 4.36. The maximum absolute atomic E-state index is 10.1. The summed E-state index contributed by atoms with van der Waals surface area (Å²) in [6.07, 6.45) is 3.77. The Bertz CT molecular complexity index is 391. The Morgan fingerprint density at radius 3 is 2.94 bits per heavy atom. The number of aromatic nitrogens is 3. The van der Waals surface area contributed by atoms with Crippen molar-refractivity contribution in [1.29, 1.82) is 0 Å². The molecule has 1 aliphatic heterocycles. The van der Waals surface area contributed by atoms with E-state index in [-0.39, 0.29) is 12.6 Å². The van der Waals surface area contributed by atoms with Gasteiger partial charge in [-0.05, 0) is 19.3 Å². The van der Waals surface area contributed by atoms with Crippen LogP contribution in [-0.2, 0) is 4.74 Å². The summed E-state index contributed by atoms with van der Waals surface area (Å²) >= 11 is 0. The van der Waals surface area contributed by atoms with Gasteiger partial charge in [-0.1, -0.05) is 5.21 Å². The Morgan fingerprint density at radius 2 is 2.24 bits per heavy atom. The number of hydrogen-bond acceptors (Lipinski definition) is 5. The quantitative estimate of drug-likeness (QED) is 0.766. The monoisotopic (exact) mass is 239 g/mol. The topological polar surface area (TPSA) is 80.4 Å². The Kier molecular flexibility index (Phi) is 2.85. The van der Waals surface area contributed by atoms with Crippen molar-refractivity contribution in [1.82, 2.24) is 15.0 Å². The van der Waals surface area contributed by atoms with Crippen molar-refractivity contribution in [3.8, 4) is 0 Å². The molecule has 2 N–H and O–H groups in total. The van der Waals surface area contributed by atoms with Crippen molar-refractivity contribution >= 4 is 0 Å². The summed E-state index contributed by atoms with van der Waals surface area (Å²) in [5.41, 5.74) is 1.02. The van der Waals surface area contributed by atoms with Crippen LogP contribution in [0.5, 0.6) is 0 Å². The number of ether oxygens (including phenoxy) is 1. The number of aliphatic hydroxyl groups is 2. The lowest BCUT2D eigenvalue weighted by Gasteiger charge is -2.33. The first kappa shape index (κ1) is 11.1. The van der Waals surface area contributed by atoms with E-state index in [9.17, 15) is 5.11 Å². The molecule has 0 amide bonds. The molecule has 1 aliphatic carbocycles. The van der Waals surface area contributed by atoms with Crippen molar-refractivity contribution in [2.24, 2.45) is 0 Å². The van der Waals surface area contributed by atoms with E-state index in [1.54, 1.807) is 4.68 Å². The molecule has 2 heterocycles. The van der Waals surface area contributed by atoms with Crippen molar-refractivity contribution in [3.63, 3.8) is 0 Å². The first-order valence-electron chi connectivity index (χ1n) is 6.12. The first-order chi connectivity index (χ1) is 8.29. The molecule has 1 aromatic heterocycles. The summed E-state index contributed by atoms with van der Waals surface area (Å²) in [5, 5.41) is 27.4. The maximum Gasteiger partial charge on any atom is 0.108 e. The lowest BCUT2D eigenvalue weighted by Crippen LogP contribution is -2.44. The molecule has 94 valence electrons. The number of rotatable bonds is 3. The zero-order valence-electron chi connectivity index (χ0n) is 9.57. The largest absolute Gasteiger partial charge is 0.394 e. The zero-order chi connectivity index (χ0) is 11.8. The molecule has 17 heavy (non-hydrogen) atoms. The van der Waals surface area contributed by atoms with E-state index in [2.05, 4.69) is 10.3 Å². The normalized spacial score (nSPS) is 33.9. The standard InChI is InChI=1S/C11H17N3O3/c15-6-10-11(16)9(3-4-17-10)14-5-8(12-13-14)7-1-2-7/h5,7,9-11,15-16H,1-4,6H2. The van der Waals surface area contributed by atoms with Gasteiger partial charge >= 0.3 is 0 Å². The molecule has 1 saturated carbocycles. The zero-order valence-corrected chi connectivity index (χ0v) is 9.57. The number of nitrogens with zero attached hydrogens (tertiary/aromatic N) is 3. The Balaban J connectivity index is 1.76. The third-order valence-electron chi connectivity index (χ3n) is 3.56. The van der Waals surface area contributed by atoms with Crippen LogP contribution < -0.4 is 0 Å². The lowest BCUT2D eigenvalue weighted by atomic mass is 10.0. The van der Waals surface area contributed by atoms with E-state index in [1.165, 1.54) is 12.8 Å². The first-order valence-corrected chi connectivity index (χ1v) is 6.12. The third kappa shape index (κ3) is 2.08. The van der Waals surface area contributed by atoms with E-state index in [4.69, 9.17) is 9.84 Å². The van der Waals surface area contributed by atoms with Crippen LogP contribution in [0.4, 0.5) is 0 Å². The molecule has 1 saturated heterocycles. The summed E-state index contributed by atoms with van der Waals surface area (Å²) in [5.74, 6) is 0.564. The van der Waals surface area contributed by atoms with Crippen molar-refractivity contribution in [2.45, 2.75) is 43.4 Å². The van der Waals surface area contributed by atoms with Gasteiger partial charge in [-0.2, -0.15) is 0 Å². The molecule has 3 atom stereocenters. The van der Waals surface area contributed by atoms with Crippen LogP contribution in [0.2, 0.25) is 0 Å². The molecule has 6 heteroatoms. The number of hydrogen-bond donors (Lipinski definition) is 2. The molecule has 2 fully saturated rings. The minimum absolute atomic E-state index is 0.138. The smallest absolute Gasteiger partial charge is 0.108 e. The minimum Gasteiger partial charge on any atom is -0.394 e. The highest BCUT2D eigenvalue weighted by atomic mass is 16.5. The molecule has 2 aliphatic rings. The van der Waals surface area contributed by atoms with Gasteiger partial charge in [0.2, 0.25) is 0 Å². The Labute approximate surface area is 99.2 Å². The molecule has 0 radical (unpaired) electrons. The second-order valence-electron chi connectivity index (χ2n) is 4.84. The van der Waals surface area contributed by atoms with Gasteiger partial charge < -0.3 is 14.9 Å². The molecular weight excluding hydrogens is 222 g/mol. The van der Waals surface area contributed by atoms with E-state index < -0.39 is 12.2 Å². The SMILES string of the molecule is OCC1OCCC(n2cc(C3CC3)nn2)C1O. The van der Waals surface area contributed by atoms with Crippen LogP contribution in [0.1, 0.15) is 36.9 Å². The molecule has 0 spiro atoms. The summed E-state index contributed by atoms with van der Waals surface area (Å²) in [7, 11) is 0. The van der Waals surface area contributed by atoms with Gasteiger partial charge in [-0.15, -0.1) is 5.10 Å². The van der Waals surface area contributed by atoms with E-state index in [0.29, 0.717) is 18.9 Å². The molecule has 3 unspecified atom stereocenters. The third-order valence-corrected chi connectivity index (χ3v) is 3.56. The highest BCUT2D eigenvalue weighted by Crippen LogP contribution is 2.39. The van der Waals surface area contributed by atoms with Gasteiger partial charge in [0.1, 0.15) is 12.2 Å². The Hall–Kier alpha value is -0.980. The Morgan fingerprint density at radius 1 is 1.41 bits per heavy atom. The van der Waals surface area contributed by atoms with Gasteiger partial charge in [0, 0.05) is 18.7 Å². The average molecular weight is 239 g/mol. The molecule has 3 rings (SSSR count). The van der Waals surface area contributed by atoms with Gasteiger partial charge in [-0.3, -0.25) is 0 Å². The van der Waals surface area contributed by atoms with Gasteiger partial charge in [0.15, 0.2) is 0 Å². The molecule has 0 aromatic carbocycles. The highest BCUT2D eigenvalue weighted by molar-refractivity contribution is 5.09. The van der Waals surface area contributed by atoms with Gasteiger partial charge in [-0.25, -0.2) is 4.68 Å². The van der Waals surface area contributed by atoms with Crippen LogP contribution in [0, 0.1) is 0 Å². The van der Waals surface area contributed by atoms with Crippen LogP contribution in [0.15, 0.2) is 6.20 Å². The van der Waals surface area contributed by atoms with E-state index >= 15 is 0 Å². The summed E-state index contributed by atoms with van der Waals surface area (Å²) in [4.78, 5) is 0. The molecular formula is C11H17N3O3. The second-order valence-corrected chi connectivity index (χ2v) is 4.84. The van der Waals surface area contributed by atoms with Crippen molar-refractivity contribution < 1.29 is 14.9 Å². The van der Waals surface area contributed by atoms with Crippen LogP contribution >= 0.6 is 0 Å². The van der Waals surface area contributed by atoms with Crippen LogP contribution in [-0.4, -0.2) is 50.6 Å². The predicted molar refractivity (Wildman–Crippen MR) is 58.5 cm³/mol. The summed E-state index contributed by atoms with van der Waals surface area (Å²) < 4.78 is 7.02. The van der Waals surface area contributed by atoms with Gasteiger partial charge in [0.25, 0.3) is 0 Å². The molecule has 6 nitrogen and oxygen atoms in total. The van der Waals surface area contributed by atoms with Crippen molar-refractivity contribution in [2.75, 3.05) is 13.2 Å². The summed E-state index contributed by atoms with van der Waals surface area (Å²) in [6.45, 7) is 0.368. The fourth-order valence-electron chi connectivity index (χ4n) is 2.33. The molecule has 0 bridgehead atoms. The maximum atomic E-state index is 10.1. The van der Waals surface area contributed by atoms with E-state index in [1.807, 2.05) is 6.20 Å². The lowest BCUT2D eigenvalue weighted by molar-refractivity contribution is -0.120. The van der Waals surface area contributed by atoms with E-state index in [0.717, 1.165) is 5.69 Å². The highest BCUT2D eigenvalue weighted by Gasteiger charge is 2.35. The fourth-order valence-corrected chi connectivity index (χ4v) is 2.33. The van der Waals surface area contributed by atoms with Gasteiger partial charge in [0.05, 0.1) is 18.3 Å². The molecule has 1 aromatic rings. The van der Waals surface area contributed by atoms with Crippen molar-refractivity contribution in [3.05, 3.63) is 11.9 Å². The van der Waals surface area contributed by atoms with Crippen LogP contribution in [0.25, 0.3) is 0 Å². The number of aliphatic hydroxyl groups excluding tert-OH is 2.